The van der Waals surface area contributed by atoms with Crippen molar-refractivity contribution < 1.29 is 4.79 Å². The minimum atomic E-state index is -0.100. The van der Waals surface area contributed by atoms with Gasteiger partial charge in [-0.15, -0.1) is 11.3 Å². The quantitative estimate of drug-likeness (QED) is 0.567. The van der Waals surface area contributed by atoms with Gasteiger partial charge in [0.25, 0.3) is 0 Å². The maximum absolute atomic E-state index is 12.2. The molecule has 2 aromatic heterocycles. The topological polar surface area (TPSA) is 76.9 Å². The van der Waals surface area contributed by atoms with Gasteiger partial charge in [0.1, 0.15) is 5.01 Å². The van der Waals surface area contributed by atoms with Gasteiger partial charge in [0, 0.05) is 16.5 Å². The smallest absolute Gasteiger partial charge is 0.231 e. The number of fused-ring (bicyclic) bond motifs is 1. The number of hydrogen-bond acceptors (Lipinski definition) is 5. The molecule has 0 fully saturated rings. The van der Waals surface area contributed by atoms with Crippen LogP contribution in [0.3, 0.4) is 0 Å². The zero-order valence-corrected chi connectivity index (χ0v) is 16.1. The molecule has 0 bridgehead atoms. The maximum atomic E-state index is 12.2. The van der Waals surface area contributed by atoms with Crippen molar-refractivity contribution in [3.8, 4) is 0 Å². The van der Waals surface area contributed by atoms with Gasteiger partial charge in [-0.25, -0.2) is 4.98 Å². The summed E-state index contributed by atoms with van der Waals surface area (Å²) < 4.78 is 1.75. The molecule has 0 aliphatic carbocycles. The van der Waals surface area contributed by atoms with Crippen LogP contribution in [0.15, 0.2) is 64.9 Å². The number of anilines is 1. The molecule has 0 unspecified atom stereocenters. The molecule has 6 nitrogen and oxygen atoms in total. The molecule has 1 N–H and O–H groups in total. The van der Waals surface area contributed by atoms with Crippen LogP contribution in [0.1, 0.15) is 16.3 Å². The molecular weight excluding hydrogens is 372 g/mol. The highest BCUT2D eigenvalue weighted by atomic mass is 32.1. The van der Waals surface area contributed by atoms with Crippen LogP contribution in [-0.2, 0) is 17.8 Å². The van der Waals surface area contributed by atoms with E-state index < -0.39 is 0 Å². The van der Waals surface area contributed by atoms with Gasteiger partial charge >= 0.3 is 0 Å². The van der Waals surface area contributed by atoms with Gasteiger partial charge in [0.05, 0.1) is 30.4 Å². The summed E-state index contributed by atoms with van der Waals surface area (Å²) in [5.41, 5.74) is 3.40. The lowest BCUT2D eigenvalue weighted by molar-refractivity contribution is -0.115. The molecule has 0 saturated carbocycles. The number of amides is 1. The van der Waals surface area contributed by atoms with E-state index in [1.54, 1.807) is 10.7 Å². The van der Waals surface area contributed by atoms with Crippen LogP contribution in [0.25, 0.3) is 10.9 Å². The van der Waals surface area contributed by atoms with Crippen molar-refractivity contribution in [2.24, 2.45) is 0 Å². The third kappa shape index (κ3) is 3.99. The number of nitrogens with zero attached hydrogens (tertiary/aromatic N) is 3. The first-order chi connectivity index (χ1) is 13.6. The average Bonchev–Trinajstić information content (AvgIpc) is 3.13. The minimum absolute atomic E-state index is 0.0985. The summed E-state index contributed by atoms with van der Waals surface area (Å²) in [4.78, 5) is 28.7. The average molecular weight is 390 g/mol. The van der Waals surface area contributed by atoms with Crippen LogP contribution in [0.4, 0.5) is 5.69 Å². The van der Waals surface area contributed by atoms with Crippen molar-refractivity contribution in [3.05, 3.63) is 86.6 Å². The lowest BCUT2D eigenvalue weighted by atomic mass is 10.2. The Hall–Kier alpha value is -3.32. The molecule has 0 radical (unpaired) electrons. The van der Waals surface area contributed by atoms with Crippen molar-refractivity contribution in [3.63, 3.8) is 0 Å². The highest BCUT2D eigenvalue weighted by molar-refractivity contribution is 7.09. The molecule has 4 aromatic rings. The van der Waals surface area contributed by atoms with Crippen molar-refractivity contribution in [1.82, 2.24) is 14.8 Å². The van der Waals surface area contributed by atoms with E-state index in [1.807, 2.05) is 54.8 Å². The second-order valence-corrected chi connectivity index (χ2v) is 7.45. The molecule has 1 amide bonds. The van der Waals surface area contributed by atoms with E-state index in [2.05, 4.69) is 15.4 Å². The summed E-state index contributed by atoms with van der Waals surface area (Å²) in [6, 6.07) is 15.0. The van der Waals surface area contributed by atoms with E-state index in [4.69, 9.17) is 0 Å². The number of aromatic nitrogens is 3. The summed E-state index contributed by atoms with van der Waals surface area (Å²) in [6.45, 7) is 2.44. The monoisotopic (exact) mass is 390 g/mol. The van der Waals surface area contributed by atoms with E-state index in [0.717, 1.165) is 27.5 Å². The molecule has 140 valence electrons. The fraction of sp³-hybridized carbons (Fsp3) is 0.143. The fourth-order valence-electron chi connectivity index (χ4n) is 2.92. The second kappa shape index (κ2) is 7.74. The Bertz CT molecular complexity index is 1190. The summed E-state index contributed by atoms with van der Waals surface area (Å²) in [6.07, 6.45) is 1.54. The molecule has 0 spiro atoms. The molecule has 4 rings (SSSR count). The molecule has 0 aliphatic rings. The molecule has 0 aliphatic heterocycles. The predicted octanol–water partition coefficient (Wildman–Crippen LogP) is 3.39. The van der Waals surface area contributed by atoms with Crippen LogP contribution in [0.2, 0.25) is 0 Å². The fourth-order valence-corrected chi connectivity index (χ4v) is 3.71. The number of benzene rings is 2. The summed E-state index contributed by atoms with van der Waals surface area (Å²) in [5.74, 6) is -0.100. The van der Waals surface area contributed by atoms with E-state index in [1.165, 1.54) is 17.5 Å². The Labute approximate surface area is 165 Å². The third-order valence-corrected chi connectivity index (χ3v) is 5.22. The summed E-state index contributed by atoms with van der Waals surface area (Å²) in [7, 11) is 0. The molecule has 0 saturated heterocycles. The number of hydrogen-bond donors (Lipinski definition) is 1. The summed E-state index contributed by atoms with van der Waals surface area (Å²) in [5, 5.41) is 10.4. The Morgan fingerprint density at radius 1 is 1.14 bits per heavy atom. The standard InChI is InChI=1S/C21H18N4O2S/c1-14-6-8-15(9-7-14)23-20(27)10-21-24-16(13-28-21)12-25-18-5-3-2-4-17(18)19(26)11-22-25/h2-9,11,13H,10,12H2,1H3,(H,23,27). The van der Waals surface area contributed by atoms with Crippen LogP contribution in [-0.4, -0.2) is 20.7 Å². The van der Waals surface area contributed by atoms with E-state index in [-0.39, 0.29) is 17.8 Å². The highest BCUT2D eigenvalue weighted by Gasteiger charge is 2.10. The first-order valence-electron chi connectivity index (χ1n) is 8.83. The van der Waals surface area contributed by atoms with Crippen LogP contribution < -0.4 is 10.7 Å². The SMILES string of the molecule is Cc1ccc(NC(=O)Cc2nc(Cn3ncc(=O)c4ccccc43)cs2)cc1. The van der Waals surface area contributed by atoms with Crippen molar-refractivity contribution in [2.45, 2.75) is 19.9 Å². The Morgan fingerprint density at radius 3 is 2.75 bits per heavy atom. The molecule has 2 aromatic carbocycles. The van der Waals surface area contributed by atoms with Crippen LogP contribution >= 0.6 is 11.3 Å². The van der Waals surface area contributed by atoms with Gasteiger partial charge < -0.3 is 5.32 Å². The number of carbonyl (C=O) groups excluding carboxylic acids is 1. The van der Waals surface area contributed by atoms with E-state index >= 15 is 0 Å². The van der Waals surface area contributed by atoms with E-state index in [0.29, 0.717) is 11.9 Å². The van der Waals surface area contributed by atoms with E-state index in [9.17, 15) is 9.59 Å². The van der Waals surface area contributed by atoms with Crippen LogP contribution in [0.5, 0.6) is 0 Å². The lowest BCUT2D eigenvalue weighted by Crippen LogP contribution is -2.15. The zero-order chi connectivity index (χ0) is 19.5. The number of thiazole rings is 1. The third-order valence-electron chi connectivity index (χ3n) is 4.32. The van der Waals surface area contributed by atoms with Gasteiger partial charge in [-0.2, -0.15) is 5.10 Å². The summed E-state index contributed by atoms with van der Waals surface area (Å²) >= 11 is 1.44. The minimum Gasteiger partial charge on any atom is -0.326 e. The molecule has 7 heteroatoms. The normalized spacial score (nSPS) is 10.9. The number of aryl methyl sites for hydroxylation is 1. The van der Waals surface area contributed by atoms with Gasteiger partial charge in [0.2, 0.25) is 11.3 Å². The Kier molecular flexibility index (Phi) is 4.99. The first-order valence-corrected chi connectivity index (χ1v) is 9.71. The molecule has 28 heavy (non-hydrogen) atoms. The van der Waals surface area contributed by atoms with Crippen molar-refractivity contribution in [2.75, 3.05) is 5.32 Å². The van der Waals surface area contributed by atoms with Gasteiger partial charge in [-0.3, -0.25) is 14.3 Å². The number of rotatable bonds is 5. The van der Waals surface area contributed by atoms with Gasteiger partial charge in [-0.1, -0.05) is 29.8 Å². The predicted molar refractivity (Wildman–Crippen MR) is 111 cm³/mol. The number of para-hydroxylation sites is 1. The zero-order valence-electron chi connectivity index (χ0n) is 15.3. The van der Waals surface area contributed by atoms with Gasteiger partial charge in [-0.05, 0) is 31.2 Å². The Morgan fingerprint density at radius 2 is 1.93 bits per heavy atom. The largest absolute Gasteiger partial charge is 0.326 e. The Balaban J connectivity index is 1.46. The van der Waals surface area contributed by atoms with Gasteiger partial charge in [0.15, 0.2) is 0 Å². The first kappa shape index (κ1) is 18.1. The molecule has 0 atom stereocenters. The number of carbonyl (C=O) groups is 1. The molecule has 2 heterocycles. The number of nitrogens with one attached hydrogen (secondary N) is 1. The molecular formula is C21H18N4O2S. The van der Waals surface area contributed by atoms with Crippen molar-refractivity contribution in [1.29, 1.82) is 0 Å². The lowest BCUT2D eigenvalue weighted by Gasteiger charge is -2.07. The second-order valence-electron chi connectivity index (χ2n) is 6.51. The van der Waals surface area contributed by atoms with Crippen molar-refractivity contribution >= 4 is 33.8 Å². The van der Waals surface area contributed by atoms with Crippen LogP contribution in [0, 0.1) is 6.92 Å². The highest BCUT2D eigenvalue weighted by Crippen LogP contribution is 2.15. The maximum Gasteiger partial charge on any atom is 0.231 e.